The summed E-state index contributed by atoms with van der Waals surface area (Å²) in [5.41, 5.74) is 5.94. The number of carbonyl (C=O) groups excluding carboxylic acids is 1. The van der Waals surface area contributed by atoms with Crippen LogP contribution >= 0.6 is 0 Å². The number of aromatic nitrogens is 4. The van der Waals surface area contributed by atoms with Crippen LogP contribution in [0.15, 0.2) is 55.0 Å². The van der Waals surface area contributed by atoms with Gasteiger partial charge in [-0.15, -0.1) is 0 Å². The number of benzene rings is 1. The maximum Gasteiger partial charge on any atom is 0.254 e. The van der Waals surface area contributed by atoms with E-state index in [0.29, 0.717) is 5.56 Å². The number of pyridine rings is 2. The molecule has 0 atom stereocenters. The van der Waals surface area contributed by atoms with Gasteiger partial charge in [0.1, 0.15) is 0 Å². The molecule has 3 heterocycles. The number of carbonyl (C=O) groups is 1. The highest BCUT2D eigenvalue weighted by atomic mass is 16.2. The Labute approximate surface area is 163 Å². The maximum atomic E-state index is 12.8. The second kappa shape index (κ2) is 6.88. The second-order valence-corrected chi connectivity index (χ2v) is 7.05. The van der Waals surface area contributed by atoms with Gasteiger partial charge in [0.2, 0.25) is 0 Å². The summed E-state index contributed by atoms with van der Waals surface area (Å²) >= 11 is 0. The van der Waals surface area contributed by atoms with Crippen LogP contribution in [0.25, 0.3) is 27.8 Å². The Balaban J connectivity index is 1.88. The number of aryl methyl sites for hydroxylation is 2. The van der Waals surface area contributed by atoms with Gasteiger partial charge in [0.25, 0.3) is 5.91 Å². The molecule has 0 bridgehead atoms. The third-order valence-corrected chi connectivity index (χ3v) is 4.70. The van der Waals surface area contributed by atoms with Gasteiger partial charge in [-0.1, -0.05) is 18.2 Å². The van der Waals surface area contributed by atoms with E-state index in [2.05, 4.69) is 10.1 Å². The Morgan fingerprint density at radius 3 is 2.68 bits per heavy atom. The van der Waals surface area contributed by atoms with Gasteiger partial charge in [-0.2, -0.15) is 5.10 Å². The minimum atomic E-state index is -0.0450. The van der Waals surface area contributed by atoms with E-state index in [1.807, 2.05) is 56.4 Å². The minimum absolute atomic E-state index is 0.0450. The molecule has 1 amide bonds. The first-order chi connectivity index (χ1) is 13.4. The first-order valence-corrected chi connectivity index (χ1v) is 9.04. The monoisotopic (exact) mass is 371 g/mol. The Morgan fingerprint density at radius 2 is 1.93 bits per heavy atom. The van der Waals surface area contributed by atoms with E-state index in [1.54, 1.807) is 36.1 Å². The molecule has 6 heteroatoms. The zero-order valence-electron chi connectivity index (χ0n) is 16.3. The van der Waals surface area contributed by atoms with Crippen molar-refractivity contribution < 1.29 is 4.79 Å². The Hall–Kier alpha value is -3.54. The van der Waals surface area contributed by atoms with Crippen molar-refractivity contribution in [1.29, 1.82) is 0 Å². The molecule has 4 aromatic rings. The van der Waals surface area contributed by atoms with Gasteiger partial charge in [-0.05, 0) is 37.6 Å². The third kappa shape index (κ3) is 3.13. The lowest BCUT2D eigenvalue weighted by atomic mass is 10.0. The van der Waals surface area contributed by atoms with Crippen LogP contribution in [0.2, 0.25) is 0 Å². The predicted octanol–water partition coefficient (Wildman–Crippen LogP) is 3.80. The number of para-hydroxylation sites is 1. The van der Waals surface area contributed by atoms with Gasteiger partial charge in [0.15, 0.2) is 0 Å². The molecule has 0 N–H and O–H groups in total. The molecule has 0 aliphatic heterocycles. The molecule has 0 saturated carbocycles. The molecule has 3 aromatic heterocycles. The summed E-state index contributed by atoms with van der Waals surface area (Å²) in [5.74, 6) is -0.0450. The smallest absolute Gasteiger partial charge is 0.254 e. The lowest BCUT2D eigenvalue weighted by Gasteiger charge is -2.14. The molecule has 0 unspecified atom stereocenters. The van der Waals surface area contributed by atoms with Crippen LogP contribution in [0, 0.1) is 13.8 Å². The molecule has 0 spiro atoms. The van der Waals surface area contributed by atoms with Crippen LogP contribution in [0.4, 0.5) is 0 Å². The van der Waals surface area contributed by atoms with Gasteiger partial charge in [-0.3, -0.25) is 9.78 Å². The van der Waals surface area contributed by atoms with E-state index in [-0.39, 0.29) is 5.91 Å². The number of rotatable bonds is 3. The van der Waals surface area contributed by atoms with Crippen molar-refractivity contribution in [3.63, 3.8) is 0 Å². The van der Waals surface area contributed by atoms with Crippen molar-refractivity contribution in [3.05, 3.63) is 71.8 Å². The summed E-state index contributed by atoms with van der Waals surface area (Å²) in [6, 6.07) is 11.6. The molecule has 0 fully saturated rings. The fraction of sp³-hybridized carbons (Fsp3) is 0.182. The van der Waals surface area contributed by atoms with Gasteiger partial charge in [-0.25, -0.2) is 9.67 Å². The molecule has 0 saturated heterocycles. The zero-order valence-corrected chi connectivity index (χ0v) is 16.3. The van der Waals surface area contributed by atoms with Gasteiger partial charge in [0, 0.05) is 43.1 Å². The van der Waals surface area contributed by atoms with E-state index < -0.39 is 0 Å². The normalized spacial score (nSPS) is 11.0. The summed E-state index contributed by atoms with van der Waals surface area (Å²) in [4.78, 5) is 23.4. The number of hydrogen-bond acceptors (Lipinski definition) is 4. The lowest BCUT2D eigenvalue weighted by Crippen LogP contribution is -2.22. The van der Waals surface area contributed by atoms with Crippen molar-refractivity contribution in [3.8, 4) is 16.9 Å². The molecule has 1 aromatic carbocycles. The van der Waals surface area contributed by atoms with Gasteiger partial charge < -0.3 is 4.90 Å². The standard InChI is InChI=1S/C22H21N5O/c1-14-6-5-7-18-19(22(28)26(3)4)11-20(25-21(14)18)16-12-24-27(13-16)17-8-9-23-15(2)10-17/h5-13H,1-4H3. The number of amides is 1. The molecule has 6 nitrogen and oxygen atoms in total. The van der Waals surface area contributed by atoms with Crippen LogP contribution in [0.1, 0.15) is 21.6 Å². The van der Waals surface area contributed by atoms with E-state index in [9.17, 15) is 4.79 Å². The van der Waals surface area contributed by atoms with Gasteiger partial charge in [0.05, 0.1) is 28.7 Å². The second-order valence-electron chi connectivity index (χ2n) is 7.05. The molecular weight excluding hydrogens is 350 g/mol. The number of hydrogen-bond donors (Lipinski definition) is 0. The summed E-state index contributed by atoms with van der Waals surface area (Å²) in [6.07, 6.45) is 5.45. The number of fused-ring (bicyclic) bond motifs is 1. The molecule has 0 radical (unpaired) electrons. The first kappa shape index (κ1) is 17.9. The van der Waals surface area contributed by atoms with Crippen LogP contribution in [-0.4, -0.2) is 44.7 Å². The van der Waals surface area contributed by atoms with Crippen molar-refractivity contribution in [2.75, 3.05) is 14.1 Å². The Bertz CT molecular complexity index is 1190. The molecule has 140 valence electrons. The Morgan fingerprint density at radius 1 is 1.11 bits per heavy atom. The van der Waals surface area contributed by atoms with Crippen LogP contribution in [0.5, 0.6) is 0 Å². The minimum Gasteiger partial charge on any atom is -0.345 e. The fourth-order valence-corrected chi connectivity index (χ4v) is 3.23. The quantitative estimate of drug-likeness (QED) is 0.549. The van der Waals surface area contributed by atoms with E-state index in [1.165, 1.54) is 0 Å². The van der Waals surface area contributed by atoms with Crippen LogP contribution in [0.3, 0.4) is 0 Å². The van der Waals surface area contributed by atoms with Crippen molar-refractivity contribution in [2.24, 2.45) is 0 Å². The van der Waals surface area contributed by atoms with E-state index in [4.69, 9.17) is 4.98 Å². The topological polar surface area (TPSA) is 63.9 Å². The summed E-state index contributed by atoms with van der Waals surface area (Å²) < 4.78 is 1.79. The first-order valence-electron chi connectivity index (χ1n) is 9.04. The van der Waals surface area contributed by atoms with Crippen molar-refractivity contribution >= 4 is 16.8 Å². The third-order valence-electron chi connectivity index (χ3n) is 4.70. The highest BCUT2D eigenvalue weighted by Gasteiger charge is 2.17. The number of nitrogens with zero attached hydrogens (tertiary/aromatic N) is 5. The van der Waals surface area contributed by atoms with E-state index >= 15 is 0 Å². The molecule has 4 rings (SSSR count). The van der Waals surface area contributed by atoms with Crippen LogP contribution < -0.4 is 0 Å². The molecule has 0 aliphatic rings. The average molecular weight is 371 g/mol. The summed E-state index contributed by atoms with van der Waals surface area (Å²) in [5, 5.41) is 5.33. The highest BCUT2D eigenvalue weighted by Crippen LogP contribution is 2.27. The zero-order chi connectivity index (χ0) is 19.8. The van der Waals surface area contributed by atoms with E-state index in [0.717, 1.165) is 39.1 Å². The van der Waals surface area contributed by atoms with Crippen molar-refractivity contribution in [1.82, 2.24) is 24.6 Å². The van der Waals surface area contributed by atoms with Gasteiger partial charge >= 0.3 is 0 Å². The predicted molar refractivity (Wildman–Crippen MR) is 110 cm³/mol. The Kier molecular flexibility index (Phi) is 4.39. The van der Waals surface area contributed by atoms with Crippen LogP contribution in [-0.2, 0) is 0 Å². The molecule has 28 heavy (non-hydrogen) atoms. The average Bonchev–Trinajstić information content (AvgIpc) is 3.17. The molecule has 0 aliphatic carbocycles. The maximum absolute atomic E-state index is 12.8. The summed E-state index contributed by atoms with van der Waals surface area (Å²) in [7, 11) is 3.52. The lowest BCUT2D eigenvalue weighted by molar-refractivity contribution is 0.0829. The summed E-state index contributed by atoms with van der Waals surface area (Å²) in [6.45, 7) is 3.95. The highest BCUT2D eigenvalue weighted by molar-refractivity contribution is 6.07. The SMILES string of the molecule is Cc1cc(-n2cc(-c3cc(C(=O)N(C)C)c4cccc(C)c4n3)cn2)ccn1. The largest absolute Gasteiger partial charge is 0.345 e. The van der Waals surface area contributed by atoms with Crippen molar-refractivity contribution in [2.45, 2.75) is 13.8 Å². The fourth-order valence-electron chi connectivity index (χ4n) is 3.23. The molecular formula is C22H21N5O.